The number of morpholine rings is 1. The van der Waals surface area contributed by atoms with E-state index in [1.54, 1.807) is 5.38 Å². The van der Waals surface area contributed by atoms with Crippen molar-refractivity contribution >= 4 is 27.0 Å². The van der Waals surface area contributed by atoms with Crippen LogP contribution in [0.3, 0.4) is 0 Å². The lowest BCUT2D eigenvalue weighted by atomic mass is 10.2. The quantitative estimate of drug-likeness (QED) is 0.843. The molecule has 2 saturated heterocycles. The minimum atomic E-state index is -3.47. The molecule has 0 amide bonds. The van der Waals surface area contributed by atoms with Gasteiger partial charge in [0, 0.05) is 30.2 Å². The molecule has 8 heteroatoms. The monoisotopic (exact) mass is 317 g/mol. The Kier molecular flexibility index (Phi) is 4.00. The average Bonchev–Trinajstić information content (AvgIpc) is 3.04. The van der Waals surface area contributed by atoms with Crippen molar-refractivity contribution in [2.75, 3.05) is 32.0 Å². The molecule has 0 aliphatic carbocycles. The van der Waals surface area contributed by atoms with Crippen LogP contribution in [0.2, 0.25) is 0 Å². The smallest absolute Gasteiger partial charge is 0.250 e. The minimum Gasteiger partial charge on any atom is -0.398 e. The largest absolute Gasteiger partial charge is 0.398 e. The zero-order valence-corrected chi connectivity index (χ0v) is 12.8. The molecule has 112 valence electrons. The van der Waals surface area contributed by atoms with E-state index < -0.39 is 10.0 Å². The molecule has 1 aromatic rings. The number of nitrogens with zero attached hydrogens (tertiary/aromatic N) is 1. The van der Waals surface area contributed by atoms with Gasteiger partial charge in [-0.25, -0.2) is 13.1 Å². The summed E-state index contributed by atoms with van der Waals surface area (Å²) in [6, 6.07) is 2.01. The van der Waals surface area contributed by atoms with Gasteiger partial charge in [0.2, 0.25) is 10.0 Å². The van der Waals surface area contributed by atoms with Crippen LogP contribution in [0.4, 0.5) is 5.69 Å². The lowest BCUT2D eigenvalue weighted by molar-refractivity contribution is -0.0448. The number of sulfonamides is 1. The van der Waals surface area contributed by atoms with E-state index in [1.807, 2.05) is 0 Å². The number of rotatable bonds is 4. The van der Waals surface area contributed by atoms with Crippen LogP contribution >= 0.6 is 11.3 Å². The van der Waals surface area contributed by atoms with Crippen molar-refractivity contribution < 1.29 is 13.2 Å². The van der Waals surface area contributed by atoms with E-state index in [2.05, 4.69) is 9.62 Å². The van der Waals surface area contributed by atoms with Gasteiger partial charge in [-0.05, 0) is 25.5 Å². The number of nitrogens with one attached hydrogen (secondary N) is 1. The van der Waals surface area contributed by atoms with Crippen LogP contribution in [0, 0.1) is 0 Å². The van der Waals surface area contributed by atoms with Crippen LogP contribution < -0.4 is 10.5 Å². The van der Waals surface area contributed by atoms with E-state index in [1.165, 1.54) is 18.9 Å². The molecule has 6 nitrogen and oxygen atoms in total. The molecule has 0 aromatic carbocycles. The average molecular weight is 317 g/mol. The lowest BCUT2D eigenvalue weighted by Crippen LogP contribution is -2.49. The van der Waals surface area contributed by atoms with Gasteiger partial charge < -0.3 is 10.5 Å². The maximum atomic E-state index is 12.1. The fourth-order valence-electron chi connectivity index (χ4n) is 2.75. The number of nitrogen functional groups attached to an aromatic ring is 1. The predicted octanol–water partition coefficient (Wildman–Crippen LogP) is 0.472. The molecule has 0 bridgehead atoms. The van der Waals surface area contributed by atoms with Crippen LogP contribution in [0.25, 0.3) is 0 Å². The summed E-state index contributed by atoms with van der Waals surface area (Å²) in [7, 11) is -3.47. The fourth-order valence-corrected chi connectivity index (χ4v) is 4.95. The number of hydrogen-bond acceptors (Lipinski definition) is 6. The molecular weight excluding hydrogens is 298 g/mol. The third-order valence-corrected chi connectivity index (χ3v) is 6.70. The summed E-state index contributed by atoms with van der Waals surface area (Å²) >= 11 is 1.13. The summed E-state index contributed by atoms with van der Waals surface area (Å²) in [6.45, 7) is 2.92. The fraction of sp³-hybridized carbons (Fsp3) is 0.667. The van der Waals surface area contributed by atoms with Gasteiger partial charge in [-0.15, -0.1) is 11.3 Å². The van der Waals surface area contributed by atoms with E-state index >= 15 is 0 Å². The molecule has 0 spiro atoms. The van der Waals surface area contributed by atoms with Crippen molar-refractivity contribution in [1.29, 1.82) is 0 Å². The Labute approximate surface area is 123 Å². The van der Waals surface area contributed by atoms with Crippen molar-refractivity contribution in [2.45, 2.75) is 29.2 Å². The van der Waals surface area contributed by atoms with Crippen molar-refractivity contribution in [3.63, 3.8) is 0 Å². The van der Waals surface area contributed by atoms with E-state index in [9.17, 15) is 8.42 Å². The normalized spacial score (nSPS) is 27.6. The first-order valence-corrected chi connectivity index (χ1v) is 9.10. The van der Waals surface area contributed by atoms with Crippen molar-refractivity contribution in [3.8, 4) is 0 Å². The summed E-state index contributed by atoms with van der Waals surface area (Å²) in [4.78, 5) is 2.39. The summed E-state index contributed by atoms with van der Waals surface area (Å²) in [5.74, 6) is 0. The Balaban J connectivity index is 1.56. The molecule has 2 unspecified atom stereocenters. The minimum absolute atomic E-state index is 0.0727. The highest BCUT2D eigenvalue weighted by atomic mass is 32.2. The first kappa shape index (κ1) is 14.3. The van der Waals surface area contributed by atoms with Crippen LogP contribution in [0.15, 0.2) is 15.7 Å². The summed E-state index contributed by atoms with van der Waals surface area (Å²) in [5.41, 5.74) is 6.04. The number of thiophene rings is 1. The highest BCUT2D eigenvalue weighted by molar-refractivity contribution is 7.91. The van der Waals surface area contributed by atoms with Crippen LogP contribution in [-0.2, 0) is 14.8 Å². The maximum absolute atomic E-state index is 12.1. The molecule has 3 N–H and O–H groups in total. The summed E-state index contributed by atoms with van der Waals surface area (Å²) < 4.78 is 32.8. The molecule has 1 aromatic heterocycles. The Bertz CT molecular complexity index is 572. The van der Waals surface area contributed by atoms with Gasteiger partial charge in [0.05, 0.1) is 12.7 Å². The SMILES string of the molecule is Nc1csc(S(=O)(=O)NCC2CN3CCCC3CO2)c1. The maximum Gasteiger partial charge on any atom is 0.250 e. The lowest BCUT2D eigenvalue weighted by Gasteiger charge is -2.35. The van der Waals surface area contributed by atoms with Crippen LogP contribution in [-0.4, -0.2) is 51.7 Å². The third kappa shape index (κ3) is 2.99. The first-order valence-electron chi connectivity index (χ1n) is 6.74. The van der Waals surface area contributed by atoms with E-state index in [0.29, 0.717) is 24.9 Å². The molecular formula is C12H19N3O3S2. The van der Waals surface area contributed by atoms with Crippen molar-refractivity contribution in [1.82, 2.24) is 9.62 Å². The zero-order valence-electron chi connectivity index (χ0n) is 11.1. The molecule has 3 rings (SSSR count). The number of nitrogens with two attached hydrogens (primary N) is 1. The van der Waals surface area contributed by atoms with Gasteiger partial charge in [0.25, 0.3) is 0 Å². The molecule has 2 fully saturated rings. The zero-order chi connectivity index (χ0) is 14.2. The van der Waals surface area contributed by atoms with E-state index in [4.69, 9.17) is 10.5 Å². The molecule has 2 atom stereocenters. The van der Waals surface area contributed by atoms with E-state index in [0.717, 1.165) is 24.4 Å². The third-order valence-electron chi connectivity index (χ3n) is 3.82. The number of anilines is 1. The van der Waals surface area contributed by atoms with Crippen LogP contribution in [0.1, 0.15) is 12.8 Å². The van der Waals surface area contributed by atoms with Gasteiger partial charge in [-0.1, -0.05) is 0 Å². The number of ether oxygens (including phenoxy) is 1. The highest BCUT2D eigenvalue weighted by Gasteiger charge is 2.32. The molecule has 3 heterocycles. The van der Waals surface area contributed by atoms with Gasteiger partial charge in [0.1, 0.15) is 4.21 Å². The van der Waals surface area contributed by atoms with Crippen molar-refractivity contribution in [3.05, 3.63) is 11.4 Å². The predicted molar refractivity (Wildman–Crippen MR) is 78.3 cm³/mol. The second kappa shape index (κ2) is 5.61. The molecule has 2 aliphatic heterocycles. The Morgan fingerprint density at radius 2 is 2.40 bits per heavy atom. The second-order valence-electron chi connectivity index (χ2n) is 5.30. The summed E-state index contributed by atoms with van der Waals surface area (Å²) in [5, 5.41) is 1.63. The Morgan fingerprint density at radius 3 is 3.15 bits per heavy atom. The Hall–Kier alpha value is -0.670. The molecule has 20 heavy (non-hydrogen) atoms. The topological polar surface area (TPSA) is 84.7 Å². The van der Waals surface area contributed by atoms with Crippen LogP contribution in [0.5, 0.6) is 0 Å². The first-order chi connectivity index (χ1) is 9.54. The van der Waals surface area contributed by atoms with Gasteiger partial charge in [-0.3, -0.25) is 4.90 Å². The number of fused-ring (bicyclic) bond motifs is 1. The molecule has 0 radical (unpaired) electrons. The standard InChI is InChI=1S/C12H19N3O3S2/c13-9-4-12(19-8-9)20(16,17)14-5-11-6-15-3-1-2-10(15)7-18-11/h4,8,10-11,14H,1-3,5-7,13H2. The van der Waals surface area contributed by atoms with Crippen molar-refractivity contribution in [2.24, 2.45) is 0 Å². The molecule has 0 saturated carbocycles. The van der Waals surface area contributed by atoms with Gasteiger partial charge in [0.15, 0.2) is 0 Å². The van der Waals surface area contributed by atoms with E-state index in [-0.39, 0.29) is 10.3 Å². The number of hydrogen-bond donors (Lipinski definition) is 2. The van der Waals surface area contributed by atoms with Gasteiger partial charge >= 0.3 is 0 Å². The highest BCUT2D eigenvalue weighted by Crippen LogP contribution is 2.23. The summed E-state index contributed by atoms with van der Waals surface area (Å²) in [6.07, 6.45) is 2.32. The molecule has 2 aliphatic rings. The van der Waals surface area contributed by atoms with Gasteiger partial charge in [-0.2, -0.15) is 0 Å². The second-order valence-corrected chi connectivity index (χ2v) is 8.20. The Morgan fingerprint density at radius 1 is 1.55 bits per heavy atom.